The van der Waals surface area contributed by atoms with Crippen molar-refractivity contribution in [1.82, 2.24) is 0 Å². The number of rotatable bonds is 2. The van der Waals surface area contributed by atoms with Crippen LogP contribution in [0.15, 0.2) is 12.1 Å². The lowest BCUT2D eigenvalue weighted by Crippen LogP contribution is -2.03. The van der Waals surface area contributed by atoms with Gasteiger partial charge in [-0.3, -0.25) is 0 Å². The summed E-state index contributed by atoms with van der Waals surface area (Å²) in [6.45, 7) is -2.93. The summed E-state index contributed by atoms with van der Waals surface area (Å²) < 4.78 is 38.1. The summed E-state index contributed by atoms with van der Waals surface area (Å²) in [5.41, 5.74) is 5.73. The molecule has 0 fully saturated rings. The van der Waals surface area contributed by atoms with Crippen LogP contribution >= 0.6 is 0 Å². The zero-order chi connectivity index (χ0) is 10.1. The molecular weight excluding hydrogens is 196 g/mol. The predicted octanol–water partition coefficient (Wildman–Crippen LogP) is 1.60. The molecule has 1 aliphatic heterocycles. The fourth-order valence-corrected chi connectivity index (χ4v) is 1.18. The predicted molar refractivity (Wildman–Crippen MR) is 43.6 cm³/mol. The Morgan fingerprint density at radius 3 is 2.86 bits per heavy atom. The highest BCUT2D eigenvalue weighted by Gasteiger charge is 2.21. The highest BCUT2D eigenvalue weighted by Crippen LogP contribution is 2.43. The minimum atomic E-state index is -2.91. The van der Waals surface area contributed by atoms with Crippen LogP contribution in [0.25, 0.3) is 0 Å². The zero-order valence-corrected chi connectivity index (χ0v) is 7.00. The Kier molecular flexibility index (Phi) is 2.03. The average Bonchev–Trinajstić information content (AvgIpc) is 2.50. The molecule has 0 aromatic heterocycles. The smallest absolute Gasteiger partial charge is 0.387 e. The van der Waals surface area contributed by atoms with E-state index in [4.69, 9.17) is 15.2 Å². The number of nitrogen functional groups attached to an aromatic ring is 1. The van der Waals surface area contributed by atoms with E-state index in [0.29, 0.717) is 5.75 Å². The van der Waals surface area contributed by atoms with Gasteiger partial charge in [-0.15, -0.1) is 0 Å². The number of anilines is 1. The van der Waals surface area contributed by atoms with Crippen LogP contribution in [-0.2, 0) is 0 Å². The molecule has 6 heteroatoms. The summed E-state index contributed by atoms with van der Waals surface area (Å²) in [5, 5.41) is 0. The molecule has 0 saturated carbocycles. The molecule has 0 spiro atoms. The van der Waals surface area contributed by atoms with E-state index < -0.39 is 6.61 Å². The Morgan fingerprint density at radius 1 is 1.36 bits per heavy atom. The fraction of sp³-hybridized carbons (Fsp3) is 0.250. The molecule has 0 aliphatic carbocycles. The quantitative estimate of drug-likeness (QED) is 0.741. The van der Waals surface area contributed by atoms with Crippen LogP contribution in [0.3, 0.4) is 0 Å². The van der Waals surface area contributed by atoms with E-state index in [9.17, 15) is 8.78 Å². The lowest BCUT2D eigenvalue weighted by Gasteiger charge is -2.07. The molecule has 2 N–H and O–H groups in total. The summed E-state index contributed by atoms with van der Waals surface area (Å²) in [7, 11) is 0. The monoisotopic (exact) mass is 203 g/mol. The SMILES string of the molecule is Nc1cc2c(c(OC(F)F)c1)OCO2. The summed E-state index contributed by atoms with van der Waals surface area (Å²) in [6, 6.07) is 2.75. The van der Waals surface area contributed by atoms with Crippen molar-refractivity contribution < 1.29 is 23.0 Å². The van der Waals surface area contributed by atoms with E-state index in [1.807, 2.05) is 0 Å². The van der Waals surface area contributed by atoms with Crippen LogP contribution in [0.1, 0.15) is 0 Å². The van der Waals surface area contributed by atoms with Gasteiger partial charge in [0, 0.05) is 17.8 Å². The van der Waals surface area contributed by atoms with Crippen LogP contribution in [0.4, 0.5) is 14.5 Å². The molecule has 0 radical (unpaired) electrons. The minimum absolute atomic E-state index is 0.0155. The molecule has 76 valence electrons. The molecule has 1 aliphatic rings. The van der Waals surface area contributed by atoms with E-state index in [1.54, 1.807) is 0 Å². The molecule has 2 rings (SSSR count). The highest BCUT2D eigenvalue weighted by molar-refractivity contribution is 5.61. The number of ether oxygens (including phenoxy) is 3. The topological polar surface area (TPSA) is 53.7 Å². The van der Waals surface area contributed by atoms with Gasteiger partial charge in [0.2, 0.25) is 12.5 Å². The Balaban J connectivity index is 2.38. The van der Waals surface area contributed by atoms with Crippen LogP contribution in [-0.4, -0.2) is 13.4 Å². The van der Waals surface area contributed by atoms with Crippen LogP contribution < -0.4 is 19.9 Å². The second kappa shape index (κ2) is 3.21. The number of benzene rings is 1. The van der Waals surface area contributed by atoms with Crippen LogP contribution in [0, 0.1) is 0 Å². The summed E-state index contributed by atoms with van der Waals surface area (Å²) in [4.78, 5) is 0. The minimum Gasteiger partial charge on any atom is -0.453 e. The second-order valence-corrected chi connectivity index (χ2v) is 2.63. The van der Waals surface area contributed by atoms with Crippen molar-refractivity contribution in [2.24, 2.45) is 0 Å². The van der Waals surface area contributed by atoms with Crippen molar-refractivity contribution in [1.29, 1.82) is 0 Å². The molecule has 4 nitrogen and oxygen atoms in total. The lowest BCUT2D eigenvalue weighted by atomic mass is 10.2. The number of nitrogens with two attached hydrogens (primary N) is 1. The Bertz CT molecular complexity index is 357. The molecule has 1 aromatic rings. The summed E-state index contributed by atoms with van der Waals surface area (Å²) >= 11 is 0. The Morgan fingerprint density at radius 2 is 2.14 bits per heavy atom. The third-order valence-corrected chi connectivity index (χ3v) is 1.68. The van der Waals surface area contributed by atoms with Gasteiger partial charge in [0.1, 0.15) is 0 Å². The molecule has 0 unspecified atom stereocenters. The number of halogens is 2. The van der Waals surface area contributed by atoms with E-state index >= 15 is 0 Å². The van der Waals surface area contributed by atoms with Crippen LogP contribution in [0.5, 0.6) is 17.2 Å². The largest absolute Gasteiger partial charge is 0.453 e. The number of hydrogen-bond acceptors (Lipinski definition) is 4. The highest BCUT2D eigenvalue weighted by atomic mass is 19.3. The molecular formula is C8H7F2NO3. The van der Waals surface area contributed by atoms with Gasteiger partial charge in [-0.1, -0.05) is 0 Å². The Hall–Kier alpha value is -1.72. The first-order valence-electron chi connectivity index (χ1n) is 3.81. The average molecular weight is 203 g/mol. The van der Waals surface area contributed by atoms with Gasteiger partial charge >= 0.3 is 6.61 Å². The van der Waals surface area contributed by atoms with Crippen molar-refractivity contribution in [3.8, 4) is 17.2 Å². The van der Waals surface area contributed by atoms with Gasteiger partial charge < -0.3 is 19.9 Å². The molecule has 0 amide bonds. The molecule has 1 heterocycles. The maximum absolute atomic E-state index is 12.0. The normalized spacial score (nSPS) is 13.4. The van der Waals surface area contributed by atoms with Crippen molar-refractivity contribution in [3.63, 3.8) is 0 Å². The molecule has 14 heavy (non-hydrogen) atoms. The van der Waals surface area contributed by atoms with E-state index in [-0.39, 0.29) is 24.0 Å². The van der Waals surface area contributed by atoms with Gasteiger partial charge in [-0.25, -0.2) is 0 Å². The summed E-state index contributed by atoms with van der Waals surface area (Å²) in [5.74, 6) is 0.382. The molecule has 0 bridgehead atoms. The van der Waals surface area contributed by atoms with Crippen molar-refractivity contribution in [2.75, 3.05) is 12.5 Å². The first-order chi connectivity index (χ1) is 6.66. The van der Waals surface area contributed by atoms with E-state index in [0.717, 1.165) is 0 Å². The molecule has 1 aromatic carbocycles. The van der Waals surface area contributed by atoms with Gasteiger partial charge in [0.15, 0.2) is 11.5 Å². The van der Waals surface area contributed by atoms with Crippen molar-refractivity contribution >= 4 is 5.69 Å². The Labute approximate surface area is 78.2 Å². The van der Waals surface area contributed by atoms with Crippen molar-refractivity contribution in [3.05, 3.63) is 12.1 Å². The number of fused-ring (bicyclic) bond motifs is 1. The molecule has 0 saturated heterocycles. The third-order valence-electron chi connectivity index (χ3n) is 1.68. The lowest BCUT2D eigenvalue weighted by molar-refractivity contribution is -0.0512. The maximum Gasteiger partial charge on any atom is 0.387 e. The number of hydrogen-bond donors (Lipinski definition) is 1. The first kappa shape index (κ1) is 8.86. The van der Waals surface area contributed by atoms with Gasteiger partial charge in [-0.05, 0) is 0 Å². The number of alkyl halides is 2. The first-order valence-corrected chi connectivity index (χ1v) is 3.81. The standard InChI is InChI=1S/C8H7F2NO3/c9-8(10)14-6-2-4(11)1-5-7(6)13-3-12-5/h1-2,8H,3,11H2. The van der Waals surface area contributed by atoms with E-state index in [1.165, 1.54) is 12.1 Å². The zero-order valence-electron chi connectivity index (χ0n) is 7.00. The van der Waals surface area contributed by atoms with Crippen LogP contribution in [0.2, 0.25) is 0 Å². The second-order valence-electron chi connectivity index (χ2n) is 2.63. The van der Waals surface area contributed by atoms with E-state index in [2.05, 4.69) is 4.74 Å². The van der Waals surface area contributed by atoms with Crippen molar-refractivity contribution in [2.45, 2.75) is 6.61 Å². The summed E-state index contributed by atoms with van der Waals surface area (Å²) in [6.07, 6.45) is 0. The van der Waals surface area contributed by atoms with Gasteiger partial charge in [-0.2, -0.15) is 8.78 Å². The molecule has 0 atom stereocenters. The third kappa shape index (κ3) is 1.50. The van der Waals surface area contributed by atoms with Gasteiger partial charge in [0.05, 0.1) is 0 Å². The van der Waals surface area contributed by atoms with Gasteiger partial charge in [0.25, 0.3) is 0 Å². The fourth-order valence-electron chi connectivity index (χ4n) is 1.18. The maximum atomic E-state index is 12.0.